The van der Waals surface area contributed by atoms with E-state index in [9.17, 15) is 4.79 Å². The van der Waals surface area contributed by atoms with Crippen LogP contribution in [0.2, 0.25) is 0 Å². The molecule has 2 heterocycles. The first-order chi connectivity index (χ1) is 16.4. The number of para-hydroxylation sites is 1. The van der Waals surface area contributed by atoms with E-state index >= 15 is 0 Å². The summed E-state index contributed by atoms with van der Waals surface area (Å²) in [6, 6.07) is 16.0. The summed E-state index contributed by atoms with van der Waals surface area (Å²) in [6.45, 7) is 9.57. The molecule has 1 fully saturated rings. The topological polar surface area (TPSA) is 70.6 Å². The fraction of sp³-hybridized carbons (Fsp3) is 0.423. The lowest BCUT2D eigenvalue weighted by Crippen LogP contribution is -2.45. The molecule has 180 valence electrons. The number of piperazine rings is 1. The third-order valence-electron chi connectivity index (χ3n) is 6.21. The van der Waals surface area contributed by atoms with E-state index in [0.29, 0.717) is 12.4 Å². The number of benzene rings is 2. The van der Waals surface area contributed by atoms with Gasteiger partial charge >= 0.3 is 5.97 Å². The molecule has 0 bridgehead atoms. The minimum atomic E-state index is -0.474. The van der Waals surface area contributed by atoms with Crippen LogP contribution in [0.15, 0.2) is 53.0 Å². The van der Waals surface area contributed by atoms with Gasteiger partial charge in [-0.2, -0.15) is 0 Å². The number of anilines is 1. The molecule has 1 atom stereocenters. The average molecular weight is 526 g/mol. The lowest BCUT2D eigenvalue weighted by molar-refractivity contribution is -0.142. The Morgan fingerprint density at radius 1 is 1.00 bits per heavy atom. The quantitative estimate of drug-likeness (QED) is 0.439. The maximum atomic E-state index is 12.3. The smallest absolute Gasteiger partial charge is 0.328 e. The number of fused-ring (bicyclic) bond motifs is 1. The largest absolute Gasteiger partial charge is 0.467 e. The maximum absolute atomic E-state index is 12.3. The number of halogens is 1. The summed E-state index contributed by atoms with van der Waals surface area (Å²) in [5.74, 6) is 1.21. The van der Waals surface area contributed by atoms with Crippen molar-refractivity contribution in [3.63, 3.8) is 0 Å². The molecule has 4 rings (SSSR count). The number of carbonyl (C=O) groups is 1. The third kappa shape index (κ3) is 6.11. The summed E-state index contributed by atoms with van der Waals surface area (Å²) < 4.78 is 6.12. The highest BCUT2D eigenvalue weighted by molar-refractivity contribution is 9.10. The minimum Gasteiger partial charge on any atom is -0.467 e. The molecule has 1 aromatic heterocycles. The zero-order chi connectivity index (χ0) is 24.1. The molecular weight excluding hydrogens is 494 g/mol. The van der Waals surface area contributed by atoms with Gasteiger partial charge in [-0.05, 0) is 35.7 Å². The van der Waals surface area contributed by atoms with E-state index in [0.717, 1.165) is 53.9 Å². The van der Waals surface area contributed by atoms with Crippen LogP contribution in [-0.2, 0) is 22.6 Å². The SMILES string of the molecule is COC(=O)[C@@H](Nc1nc(CN2CCN(Cc3ccc(Br)cc3)CC2)nc2ccccc12)C(C)C. The molecule has 1 N–H and O–H groups in total. The number of hydrogen-bond donors (Lipinski definition) is 1. The van der Waals surface area contributed by atoms with Crippen LogP contribution in [0.1, 0.15) is 25.2 Å². The maximum Gasteiger partial charge on any atom is 0.328 e. The van der Waals surface area contributed by atoms with Gasteiger partial charge < -0.3 is 10.1 Å². The van der Waals surface area contributed by atoms with E-state index in [2.05, 4.69) is 55.3 Å². The van der Waals surface area contributed by atoms with Crippen LogP contribution in [0.4, 0.5) is 5.82 Å². The van der Waals surface area contributed by atoms with Gasteiger partial charge in [-0.1, -0.05) is 54.0 Å². The molecule has 7 nitrogen and oxygen atoms in total. The Balaban J connectivity index is 1.45. The van der Waals surface area contributed by atoms with Crippen molar-refractivity contribution in [2.75, 3.05) is 38.6 Å². The molecule has 34 heavy (non-hydrogen) atoms. The van der Waals surface area contributed by atoms with Gasteiger partial charge in [0.1, 0.15) is 17.7 Å². The fourth-order valence-corrected chi connectivity index (χ4v) is 4.50. The van der Waals surface area contributed by atoms with Gasteiger partial charge in [0.25, 0.3) is 0 Å². The Bertz CT molecular complexity index is 1110. The number of methoxy groups -OCH3 is 1. The highest BCUT2D eigenvalue weighted by atomic mass is 79.9. The molecule has 0 saturated carbocycles. The summed E-state index contributed by atoms with van der Waals surface area (Å²) in [6.07, 6.45) is 0. The van der Waals surface area contributed by atoms with E-state index in [1.165, 1.54) is 12.7 Å². The Kier molecular flexibility index (Phi) is 8.13. The molecule has 0 aliphatic carbocycles. The van der Waals surface area contributed by atoms with Gasteiger partial charge in [0.2, 0.25) is 0 Å². The first-order valence-electron chi connectivity index (χ1n) is 11.7. The normalized spacial score (nSPS) is 16.0. The monoisotopic (exact) mass is 525 g/mol. The van der Waals surface area contributed by atoms with Crippen LogP contribution in [-0.4, -0.2) is 65.1 Å². The molecule has 1 saturated heterocycles. The number of hydrogen-bond acceptors (Lipinski definition) is 7. The summed E-state index contributed by atoms with van der Waals surface area (Å²) >= 11 is 3.50. The molecule has 1 aliphatic rings. The number of carbonyl (C=O) groups excluding carboxylic acids is 1. The van der Waals surface area contributed by atoms with Crippen LogP contribution in [0, 0.1) is 5.92 Å². The molecule has 0 spiro atoms. The van der Waals surface area contributed by atoms with Crippen LogP contribution in [0.5, 0.6) is 0 Å². The first-order valence-corrected chi connectivity index (χ1v) is 12.5. The van der Waals surface area contributed by atoms with Crippen molar-refractivity contribution in [2.24, 2.45) is 5.92 Å². The van der Waals surface area contributed by atoms with Crippen LogP contribution < -0.4 is 5.32 Å². The first kappa shape index (κ1) is 24.6. The molecular formula is C26H32BrN5O2. The molecule has 3 aromatic rings. The molecule has 8 heteroatoms. The Morgan fingerprint density at radius 3 is 2.29 bits per heavy atom. The summed E-state index contributed by atoms with van der Waals surface area (Å²) in [7, 11) is 1.42. The van der Waals surface area contributed by atoms with E-state index in [1.807, 2.05) is 38.1 Å². The van der Waals surface area contributed by atoms with E-state index in [-0.39, 0.29) is 11.9 Å². The van der Waals surface area contributed by atoms with Crippen LogP contribution in [0.3, 0.4) is 0 Å². The number of nitrogens with zero attached hydrogens (tertiary/aromatic N) is 4. The third-order valence-corrected chi connectivity index (χ3v) is 6.74. The number of aromatic nitrogens is 2. The number of rotatable bonds is 8. The highest BCUT2D eigenvalue weighted by Crippen LogP contribution is 2.23. The van der Waals surface area contributed by atoms with Crippen molar-refractivity contribution in [3.8, 4) is 0 Å². The second kappa shape index (κ2) is 11.3. The van der Waals surface area contributed by atoms with Crippen LogP contribution >= 0.6 is 15.9 Å². The molecule has 0 amide bonds. The molecule has 0 unspecified atom stereocenters. The number of esters is 1. The summed E-state index contributed by atoms with van der Waals surface area (Å²) in [5, 5.41) is 4.24. The van der Waals surface area contributed by atoms with Crippen molar-refractivity contribution in [1.29, 1.82) is 0 Å². The zero-order valence-corrected chi connectivity index (χ0v) is 21.6. The molecule has 2 aromatic carbocycles. The predicted octanol–water partition coefficient (Wildman–Crippen LogP) is 4.32. The summed E-state index contributed by atoms with van der Waals surface area (Å²) in [4.78, 5) is 26.9. The standard InChI is InChI=1S/C26H32BrN5O2/c1-18(2)24(26(33)34-3)30-25-21-6-4-5-7-22(21)28-23(29-25)17-32-14-12-31(13-15-32)16-19-8-10-20(27)11-9-19/h4-11,18,24H,12-17H2,1-3H3,(H,28,29,30)/t24-/m0/s1. The molecule has 1 aliphatic heterocycles. The van der Waals surface area contributed by atoms with Crippen molar-refractivity contribution < 1.29 is 9.53 Å². The minimum absolute atomic E-state index is 0.0587. The van der Waals surface area contributed by atoms with Gasteiger partial charge in [0, 0.05) is 42.6 Å². The zero-order valence-electron chi connectivity index (χ0n) is 20.0. The number of ether oxygens (including phenoxy) is 1. The fourth-order valence-electron chi connectivity index (χ4n) is 4.23. The van der Waals surface area contributed by atoms with Gasteiger partial charge in [0.15, 0.2) is 0 Å². The molecule has 0 radical (unpaired) electrons. The van der Waals surface area contributed by atoms with Crippen LogP contribution in [0.25, 0.3) is 10.9 Å². The highest BCUT2D eigenvalue weighted by Gasteiger charge is 2.25. The van der Waals surface area contributed by atoms with Gasteiger partial charge in [0.05, 0.1) is 19.2 Å². The average Bonchev–Trinajstić information content (AvgIpc) is 2.84. The van der Waals surface area contributed by atoms with E-state index < -0.39 is 6.04 Å². The van der Waals surface area contributed by atoms with Crippen molar-refractivity contribution in [1.82, 2.24) is 19.8 Å². The number of nitrogens with one attached hydrogen (secondary N) is 1. The lowest BCUT2D eigenvalue weighted by Gasteiger charge is -2.34. The van der Waals surface area contributed by atoms with Crippen molar-refractivity contribution in [3.05, 3.63) is 64.4 Å². The van der Waals surface area contributed by atoms with Crippen molar-refractivity contribution >= 4 is 38.6 Å². The van der Waals surface area contributed by atoms with E-state index in [1.54, 1.807) is 0 Å². The summed E-state index contributed by atoms with van der Waals surface area (Å²) in [5.41, 5.74) is 2.20. The lowest BCUT2D eigenvalue weighted by atomic mass is 10.0. The Labute approximate surface area is 209 Å². The van der Waals surface area contributed by atoms with Gasteiger partial charge in [-0.15, -0.1) is 0 Å². The van der Waals surface area contributed by atoms with Gasteiger partial charge in [-0.25, -0.2) is 14.8 Å². The van der Waals surface area contributed by atoms with Gasteiger partial charge in [-0.3, -0.25) is 9.80 Å². The Morgan fingerprint density at radius 2 is 1.65 bits per heavy atom. The predicted molar refractivity (Wildman–Crippen MR) is 138 cm³/mol. The van der Waals surface area contributed by atoms with E-state index in [4.69, 9.17) is 14.7 Å². The second-order valence-electron chi connectivity index (χ2n) is 9.07. The second-order valence-corrected chi connectivity index (χ2v) is 9.99. The Hall–Kier alpha value is -2.55. The van der Waals surface area contributed by atoms with Crippen molar-refractivity contribution in [2.45, 2.75) is 33.0 Å².